The van der Waals surface area contributed by atoms with E-state index in [0.29, 0.717) is 17.7 Å². The minimum Gasteiger partial charge on any atom is -0.496 e. The van der Waals surface area contributed by atoms with Crippen molar-refractivity contribution in [1.29, 1.82) is 0 Å². The van der Waals surface area contributed by atoms with Crippen molar-refractivity contribution >= 4 is 12.0 Å². The number of methoxy groups -OCH3 is 1. The second-order valence-corrected chi connectivity index (χ2v) is 5.06. The Bertz CT molecular complexity index is 771. The molecule has 0 heterocycles. The Kier molecular flexibility index (Phi) is 5.69. The maximum atomic E-state index is 12.2. The second-order valence-electron chi connectivity index (χ2n) is 5.06. The number of hydrogen-bond donors (Lipinski definition) is 1. The van der Waals surface area contributed by atoms with Crippen molar-refractivity contribution in [2.45, 2.75) is 12.8 Å². The van der Waals surface area contributed by atoms with Gasteiger partial charge < -0.3 is 14.6 Å². The lowest BCUT2D eigenvalue weighted by molar-refractivity contribution is -0.303. The van der Waals surface area contributed by atoms with E-state index >= 15 is 0 Å². The van der Waals surface area contributed by atoms with E-state index in [-0.39, 0.29) is 11.3 Å². The van der Waals surface area contributed by atoms with E-state index in [0.717, 1.165) is 5.57 Å². The molecule has 0 bridgehead atoms. The Labute approximate surface area is 142 Å². The molecule has 25 heavy (non-hydrogen) atoms. The molecule has 0 aliphatic heterocycles. The van der Waals surface area contributed by atoms with Gasteiger partial charge >= 0.3 is 12.3 Å². The highest BCUT2D eigenvalue weighted by atomic mass is 19.4. The molecule has 1 aromatic rings. The largest absolute Gasteiger partial charge is 0.573 e. The molecule has 0 fully saturated rings. The first kappa shape index (κ1) is 18.4. The zero-order valence-electron chi connectivity index (χ0n) is 13.2. The van der Waals surface area contributed by atoms with Crippen LogP contribution in [0.15, 0.2) is 59.9 Å². The zero-order chi connectivity index (χ0) is 18.4. The standard InChI is InChI=1S/C18H15F3O4/c1-24-16-10-8-14(17(22)23)11-13(16)7-5-12-3-2-4-15(9-6-12)25-18(19,20)21/h2,4-11H,3H2,1H3,(H,22,23)/b7-5+. The lowest BCUT2D eigenvalue weighted by Gasteiger charge is -2.08. The number of aromatic carboxylic acids is 1. The maximum absolute atomic E-state index is 12.2. The highest BCUT2D eigenvalue weighted by molar-refractivity contribution is 5.89. The van der Waals surface area contributed by atoms with Crippen LogP contribution < -0.4 is 4.74 Å². The molecule has 0 atom stereocenters. The van der Waals surface area contributed by atoms with E-state index in [1.807, 2.05) is 0 Å². The van der Waals surface area contributed by atoms with Crippen molar-refractivity contribution in [3.8, 4) is 5.75 Å². The first-order valence-corrected chi connectivity index (χ1v) is 7.21. The highest BCUT2D eigenvalue weighted by Crippen LogP contribution is 2.25. The van der Waals surface area contributed by atoms with Gasteiger partial charge in [-0.1, -0.05) is 24.3 Å². The van der Waals surface area contributed by atoms with Crippen LogP contribution in [0.2, 0.25) is 0 Å². The van der Waals surface area contributed by atoms with Crippen LogP contribution in [-0.4, -0.2) is 24.5 Å². The van der Waals surface area contributed by atoms with E-state index in [1.54, 1.807) is 24.3 Å². The fourth-order valence-electron chi connectivity index (χ4n) is 2.14. The summed E-state index contributed by atoms with van der Waals surface area (Å²) in [7, 11) is 1.46. The van der Waals surface area contributed by atoms with Gasteiger partial charge in [-0.25, -0.2) is 4.79 Å². The van der Waals surface area contributed by atoms with Gasteiger partial charge in [0.15, 0.2) is 0 Å². The predicted molar refractivity (Wildman–Crippen MR) is 86.1 cm³/mol. The molecule has 1 aliphatic rings. The zero-order valence-corrected chi connectivity index (χ0v) is 13.2. The number of halogens is 3. The molecule has 7 heteroatoms. The molecule has 0 saturated heterocycles. The number of ether oxygens (including phenoxy) is 2. The Hall–Kier alpha value is -2.96. The van der Waals surface area contributed by atoms with E-state index in [1.165, 1.54) is 37.5 Å². The number of benzene rings is 1. The van der Waals surface area contributed by atoms with E-state index in [2.05, 4.69) is 4.74 Å². The molecule has 0 radical (unpaired) electrons. The van der Waals surface area contributed by atoms with Crippen LogP contribution in [0.25, 0.3) is 6.08 Å². The number of hydrogen-bond acceptors (Lipinski definition) is 3. The molecule has 0 amide bonds. The summed E-state index contributed by atoms with van der Waals surface area (Å²) >= 11 is 0. The molecular formula is C18H15F3O4. The molecule has 1 aliphatic carbocycles. The second kappa shape index (κ2) is 7.74. The lowest BCUT2D eigenvalue weighted by Crippen LogP contribution is -2.11. The molecule has 0 saturated carbocycles. The summed E-state index contributed by atoms with van der Waals surface area (Å²) in [6.45, 7) is 0. The number of allylic oxidation sites excluding steroid dienone is 6. The van der Waals surface area contributed by atoms with Gasteiger partial charge in [-0.15, -0.1) is 13.2 Å². The minimum atomic E-state index is -4.74. The van der Waals surface area contributed by atoms with Gasteiger partial charge in [0.1, 0.15) is 11.5 Å². The van der Waals surface area contributed by atoms with Gasteiger partial charge in [-0.2, -0.15) is 0 Å². The van der Waals surface area contributed by atoms with Crippen LogP contribution in [0.5, 0.6) is 5.75 Å². The molecule has 4 nitrogen and oxygen atoms in total. The average molecular weight is 352 g/mol. The Morgan fingerprint density at radius 1 is 1.24 bits per heavy atom. The topological polar surface area (TPSA) is 55.8 Å². The van der Waals surface area contributed by atoms with Crippen LogP contribution in [0, 0.1) is 0 Å². The summed E-state index contributed by atoms with van der Waals surface area (Å²) in [5, 5.41) is 9.05. The summed E-state index contributed by atoms with van der Waals surface area (Å²) < 4.78 is 45.7. The summed E-state index contributed by atoms with van der Waals surface area (Å²) in [5.41, 5.74) is 1.38. The fourth-order valence-corrected chi connectivity index (χ4v) is 2.14. The quantitative estimate of drug-likeness (QED) is 0.834. The number of alkyl halides is 3. The number of rotatable bonds is 5. The van der Waals surface area contributed by atoms with Crippen LogP contribution in [0.4, 0.5) is 13.2 Å². The van der Waals surface area contributed by atoms with Gasteiger partial charge in [0, 0.05) is 5.56 Å². The normalized spacial score (nSPS) is 14.7. The maximum Gasteiger partial charge on any atom is 0.573 e. The van der Waals surface area contributed by atoms with E-state index in [4.69, 9.17) is 9.84 Å². The first-order chi connectivity index (χ1) is 11.8. The fraction of sp³-hybridized carbons (Fsp3) is 0.167. The molecule has 0 spiro atoms. The van der Waals surface area contributed by atoms with Gasteiger partial charge in [-0.3, -0.25) is 0 Å². The Balaban J connectivity index is 2.23. The summed E-state index contributed by atoms with van der Waals surface area (Å²) in [6.07, 6.45) is 4.51. The summed E-state index contributed by atoms with van der Waals surface area (Å²) in [5.74, 6) is -0.880. The summed E-state index contributed by atoms with van der Waals surface area (Å²) in [4.78, 5) is 11.1. The number of carbonyl (C=O) groups is 1. The van der Waals surface area contributed by atoms with Crippen molar-refractivity contribution < 1.29 is 32.5 Å². The third kappa shape index (κ3) is 5.56. The number of carboxylic acid groups (broad SMARTS) is 1. The highest BCUT2D eigenvalue weighted by Gasteiger charge is 2.31. The average Bonchev–Trinajstić information content (AvgIpc) is 2.76. The van der Waals surface area contributed by atoms with Crippen LogP contribution in [-0.2, 0) is 4.74 Å². The summed E-state index contributed by atoms with van der Waals surface area (Å²) in [6, 6.07) is 4.42. The minimum absolute atomic E-state index is 0.107. The van der Waals surface area contributed by atoms with Gasteiger partial charge in [-0.05, 0) is 42.3 Å². The molecule has 1 aromatic carbocycles. The molecule has 0 unspecified atom stereocenters. The Morgan fingerprint density at radius 3 is 2.64 bits per heavy atom. The van der Waals surface area contributed by atoms with Gasteiger partial charge in [0.2, 0.25) is 0 Å². The SMILES string of the molecule is COc1ccc(C(=O)O)cc1/C=C/C1=CC=C(OC(F)(F)F)C=CC1. The monoisotopic (exact) mass is 352 g/mol. The van der Waals surface area contributed by atoms with Crippen LogP contribution in [0.3, 0.4) is 0 Å². The van der Waals surface area contributed by atoms with Crippen LogP contribution in [0.1, 0.15) is 22.3 Å². The molecule has 132 valence electrons. The molecule has 0 aromatic heterocycles. The molecule has 1 N–H and O–H groups in total. The Morgan fingerprint density at radius 2 is 2.00 bits per heavy atom. The van der Waals surface area contributed by atoms with Gasteiger partial charge in [0.05, 0.1) is 12.7 Å². The lowest BCUT2D eigenvalue weighted by atomic mass is 10.1. The number of carboxylic acids is 1. The third-order valence-electron chi connectivity index (χ3n) is 3.28. The van der Waals surface area contributed by atoms with E-state index in [9.17, 15) is 18.0 Å². The van der Waals surface area contributed by atoms with Crippen molar-refractivity contribution in [2.24, 2.45) is 0 Å². The first-order valence-electron chi connectivity index (χ1n) is 7.21. The molecule has 2 rings (SSSR count). The van der Waals surface area contributed by atoms with E-state index < -0.39 is 12.3 Å². The predicted octanol–water partition coefficient (Wildman–Crippen LogP) is 4.71. The smallest absolute Gasteiger partial charge is 0.496 e. The van der Waals surface area contributed by atoms with Gasteiger partial charge in [0.25, 0.3) is 0 Å². The van der Waals surface area contributed by atoms with Crippen LogP contribution >= 0.6 is 0 Å². The van der Waals surface area contributed by atoms with Crippen molar-refractivity contribution in [1.82, 2.24) is 0 Å². The van der Waals surface area contributed by atoms with Crippen molar-refractivity contribution in [3.05, 3.63) is 71.0 Å². The van der Waals surface area contributed by atoms with Crippen molar-refractivity contribution in [3.63, 3.8) is 0 Å². The molecular weight excluding hydrogens is 337 g/mol. The van der Waals surface area contributed by atoms with Crippen molar-refractivity contribution in [2.75, 3.05) is 7.11 Å². The third-order valence-corrected chi connectivity index (χ3v) is 3.28.